The van der Waals surface area contributed by atoms with Gasteiger partial charge in [-0.15, -0.1) is 0 Å². The second-order valence-corrected chi connectivity index (χ2v) is 4.38. The zero-order valence-electron chi connectivity index (χ0n) is 8.79. The fourth-order valence-corrected chi connectivity index (χ4v) is 2.69. The molecule has 1 aromatic carbocycles. The van der Waals surface area contributed by atoms with Gasteiger partial charge in [-0.1, -0.05) is 5.16 Å². The Bertz CT molecular complexity index is 680. The summed E-state index contributed by atoms with van der Waals surface area (Å²) in [5, 5.41) is 8.04. The summed E-state index contributed by atoms with van der Waals surface area (Å²) in [5.41, 5.74) is 5.58. The van der Waals surface area contributed by atoms with Gasteiger partial charge in [0.05, 0.1) is 5.52 Å². The molecule has 16 heavy (non-hydrogen) atoms. The van der Waals surface area contributed by atoms with Crippen LogP contribution >= 0.6 is 0 Å². The standard InChI is InChI=1S/C12H11N3O/c1-2-4-8-7(3-1)11-9(13-8)5-6-10-12(11)15-16-14-10/h5-6,14H,1-4H2. The lowest BCUT2D eigenvalue weighted by Crippen LogP contribution is -2.00. The van der Waals surface area contributed by atoms with Crippen LogP contribution in [0.4, 0.5) is 0 Å². The van der Waals surface area contributed by atoms with Crippen LogP contribution in [-0.4, -0.2) is 15.3 Å². The topological polar surface area (TPSA) is 54.7 Å². The highest BCUT2D eigenvalue weighted by Crippen LogP contribution is 2.32. The number of rotatable bonds is 0. The maximum absolute atomic E-state index is 4.93. The molecule has 4 nitrogen and oxygen atoms in total. The van der Waals surface area contributed by atoms with E-state index in [2.05, 4.69) is 15.3 Å². The SMILES string of the molecule is c1cc2[nH]onc2c2c3c(nc12)CCCC3. The van der Waals surface area contributed by atoms with Gasteiger partial charge >= 0.3 is 0 Å². The number of aryl methyl sites for hydroxylation is 2. The lowest BCUT2D eigenvalue weighted by Gasteiger charge is -2.09. The van der Waals surface area contributed by atoms with Gasteiger partial charge in [0.1, 0.15) is 11.0 Å². The van der Waals surface area contributed by atoms with Crippen molar-refractivity contribution in [3.63, 3.8) is 0 Å². The van der Waals surface area contributed by atoms with Gasteiger partial charge < -0.3 is 0 Å². The van der Waals surface area contributed by atoms with E-state index >= 15 is 0 Å². The first-order valence-corrected chi connectivity index (χ1v) is 5.68. The molecule has 0 fully saturated rings. The molecule has 0 saturated heterocycles. The average Bonchev–Trinajstić information content (AvgIpc) is 2.91. The minimum absolute atomic E-state index is 0.924. The number of aromatic amines is 1. The van der Waals surface area contributed by atoms with Gasteiger partial charge in [-0.05, 0) is 43.4 Å². The highest BCUT2D eigenvalue weighted by molar-refractivity contribution is 6.05. The van der Waals surface area contributed by atoms with Crippen LogP contribution in [0.2, 0.25) is 0 Å². The second kappa shape index (κ2) is 2.84. The zero-order valence-corrected chi connectivity index (χ0v) is 8.79. The van der Waals surface area contributed by atoms with Gasteiger partial charge in [0.25, 0.3) is 0 Å². The Kier molecular flexibility index (Phi) is 1.48. The summed E-state index contributed by atoms with van der Waals surface area (Å²) < 4.78 is 4.93. The molecule has 0 aliphatic heterocycles. The van der Waals surface area contributed by atoms with E-state index in [1.54, 1.807) is 0 Å². The molecule has 0 saturated carbocycles. The summed E-state index contributed by atoms with van der Waals surface area (Å²) >= 11 is 0. The number of nitrogens with zero attached hydrogens (tertiary/aromatic N) is 2. The Morgan fingerprint density at radius 1 is 1.19 bits per heavy atom. The highest BCUT2D eigenvalue weighted by atomic mass is 16.6. The van der Waals surface area contributed by atoms with Crippen LogP contribution in [0.5, 0.6) is 0 Å². The van der Waals surface area contributed by atoms with E-state index in [0.29, 0.717) is 0 Å². The molecule has 1 aliphatic rings. The van der Waals surface area contributed by atoms with E-state index in [0.717, 1.165) is 29.4 Å². The number of nitrogens with one attached hydrogen (secondary N) is 1. The predicted octanol–water partition coefficient (Wildman–Crippen LogP) is 2.58. The van der Waals surface area contributed by atoms with Crippen LogP contribution in [0.15, 0.2) is 16.8 Å². The molecule has 0 atom stereocenters. The van der Waals surface area contributed by atoms with Crippen LogP contribution < -0.4 is 0 Å². The summed E-state index contributed by atoms with van der Waals surface area (Å²) in [6.07, 6.45) is 4.74. The normalized spacial score (nSPS) is 15.8. The Hall–Kier alpha value is -1.84. The molecule has 2 aromatic heterocycles. The van der Waals surface area contributed by atoms with E-state index in [9.17, 15) is 0 Å². The minimum atomic E-state index is 0.924. The van der Waals surface area contributed by atoms with Crippen molar-refractivity contribution in [3.05, 3.63) is 23.4 Å². The summed E-state index contributed by atoms with van der Waals surface area (Å²) in [6, 6.07) is 4.02. The largest absolute Gasteiger partial charge is 0.270 e. The molecule has 4 heteroatoms. The molecule has 1 aliphatic carbocycles. The summed E-state index contributed by atoms with van der Waals surface area (Å²) in [5.74, 6) is 0. The summed E-state index contributed by atoms with van der Waals surface area (Å²) in [4.78, 5) is 4.69. The molecular formula is C12H11N3O. The Morgan fingerprint density at radius 2 is 2.12 bits per heavy atom. The molecule has 0 spiro atoms. The van der Waals surface area contributed by atoms with Gasteiger partial charge in [-0.25, -0.2) is 0 Å². The van der Waals surface area contributed by atoms with Crippen LogP contribution in [0, 0.1) is 0 Å². The van der Waals surface area contributed by atoms with E-state index in [1.807, 2.05) is 12.1 Å². The van der Waals surface area contributed by atoms with Crippen molar-refractivity contribution >= 4 is 21.9 Å². The molecule has 4 rings (SSSR count). The van der Waals surface area contributed by atoms with Crippen LogP contribution in [0.3, 0.4) is 0 Å². The molecule has 0 unspecified atom stereocenters. The molecule has 0 amide bonds. The number of hydrogen-bond donors (Lipinski definition) is 1. The van der Waals surface area contributed by atoms with E-state index in [-0.39, 0.29) is 0 Å². The lowest BCUT2D eigenvalue weighted by molar-refractivity contribution is 0.316. The highest BCUT2D eigenvalue weighted by Gasteiger charge is 2.19. The van der Waals surface area contributed by atoms with Crippen molar-refractivity contribution in [1.82, 2.24) is 15.3 Å². The van der Waals surface area contributed by atoms with Gasteiger partial charge in [-0.2, -0.15) is 5.16 Å². The number of H-pyrrole nitrogens is 1. The van der Waals surface area contributed by atoms with Gasteiger partial charge in [0.2, 0.25) is 0 Å². The molecule has 0 bridgehead atoms. The Morgan fingerprint density at radius 3 is 3.12 bits per heavy atom. The van der Waals surface area contributed by atoms with E-state index < -0.39 is 0 Å². The second-order valence-electron chi connectivity index (χ2n) is 4.38. The maximum Gasteiger partial charge on any atom is 0.142 e. The third-order valence-corrected chi connectivity index (χ3v) is 3.44. The maximum atomic E-state index is 4.93. The van der Waals surface area contributed by atoms with E-state index in [4.69, 9.17) is 4.63 Å². The first-order chi connectivity index (χ1) is 7.93. The quantitative estimate of drug-likeness (QED) is 0.624. The number of aromatic nitrogens is 3. The number of fused-ring (bicyclic) bond motifs is 5. The fraction of sp³-hybridized carbons (Fsp3) is 0.333. The monoisotopic (exact) mass is 213 g/mol. The van der Waals surface area contributed by atoms with Crippen LogP contribution in [-0.2, 0) is 12.8 Å². The first kappa shape index (κ1) is 8.33. The Labute approximate surface area is 91.6 Å². The van der Waals surface area contributed by atoms with Crippen LogP contribution in [0.1, 0.15) is 24.1 Å². The van der Waals surface area contributed by atoms with Crippen LogP contribution in [0.25, 0.3) is 21.9 Å². The molecular weight excluding hydrogens is 202 g/mol. The van der Waals surface area contributed by atoms with Crippen molar-refractivity contribution in [2.45, 2.75) is 25.7 Å². The van der Waals surface area contributed by atoms with Gasteiger partial charge in [0, 0.05) is 11.1 Å². The third-order valence-electron chi connectivity index (χ3n) is 3.44. The molecule has 3 aromatic rings. The number of benzene rings is 1. The van der Waals surface area contributed by atoms with Gasteiger partial charge in [-0.3, -0.25) is 9.61 Å². The smallest absolute Gasteiger partial charge is 0.142 e. The average molecular weight is 213 g/mol. The molecule has 80 valence electrons. The Balaban J connectivity index is 2.21. The number of hydrogen-bond acceptors (Lipinski definition) is 3. The predicted molar refractivity (Wildman–Crippen MR) is 60.3 cm³/mol. The zero-order chi connectivity index (χ0) is 10.5. The summed E-state index contributed by atoms with van der Waals surface area (Å²) in [6.45, 7) is 0. The first-order valence-electron chi connectivity index (χ1n) is 5.68. The van der Waals surface area contributed by atoms with Crippen molar-refractivity contribution in [2.24, 2.45) is 0 Å². The van der Waals surface area contributed by atoms with Crippen molar-refractivity contribution in [1.29, 1.82) is 0 Å². The minimum Gasteiger partial charge on any atom is -0.270 e. The molecule has 0 radical (unpaired) electrons. The van der Waals surface area contributed by atoms with Crippen molar-refractivity contribution < 1.29 is 4.63 Å². The van der Waals surface area contributed by atoms with Crippen molar-refractivity contribution in [2.75, 3.05) is 0 Å². The van der Waals surface area contributed by atoms with Gasteiger partial charge in [0.15, 0.2) is 0 Å². The van der Waals surface area contributed by atoms with Crippen molar-refractivity contribution in [3.8, 4) is 0 Å². The summed E-state index contributed by atoms with van der Waals surface area (Å²) in [7, 11) is 0. The molecule has 1 N–H and O–H groups in total. The lowest BCUT2D eigenvalue weighted by atomic mass is 9.95. The molecule has 2 heterocycles. The van der Waals surface area contributed by atoms with E-state index in [1.165, 1.54) is 29.5 Å². The third kappa shape index (κ3) is 0.939. The fourth-order valence-electron chi connectivity index (χ4n) is 2.69.